The zero-order valence-electron chi connectivity index (χ0n) is 17.4. The van der Waals surface area contributed by atoms with Gasteiger partial charge < -0.3 is 9.47 Å². The van der Waals surface area contributed by atoms with E-state index in [1.165, 1.54) is 44.6 Å². The molecule has 158 valence electrons. The van der Waals surface area contributed by atoms with E-state index in [0.717, 1.165) is 19.3 Å². The van der Waals surface area contributed by atoms with Gasteiger partial charge in [-0.3, -0.25) is 14.1 Å². The first kappa shape index (κ1) is 29.8. The zero-order valence-corrected chi connectivity index (χ0v) is 20.2. The summed E-state index contributed by atoms with van der Waals surface area (Å²) in [6.07, 6.45) is 11.7. The van der Waals surface area contributed by atoms with Crippen molar-refractivity contribution in [1.29, 1.82) is 0 Å². The average molecular weight is 430 g/mol. The summed E-state index contributed by atoms with van der Waals surface area (Å²) in [5, 5.41) is -1.96. The van der Waals surface area contributed by atoms with Crippen LogP contribution in [0.3, 0.4) is 0 Å². The van der Waals surface area contributed by atoms with Crippen molar-refractivity contribution in [2.24, 2.45) is 0 Å². The summed E-state index contributed by atoms with van der Waals surface area (Å²) in [5.74, 6) is -2.06. The zero-order chi connectivity index (χ0) is 20.5. The minimum atomic E-state index is -4.75. The second-order valence-electron chi connectivity index (χ2n) is 6.53. The van der Waals surface area contributed by atoms with Crippen LogP contribution in [-0.4, -0.2) is 43.4 Å². The van der Waals surface area contributed by atoms with Crippen LogP contribution in [0, 0.1) is 0 Å². The van der Waals surface area contributed by atoms with Gasteiger partial charge in [-0.05, 0) is 6.42 Å². The maximum Gasteiger partial charge on any atom is 1.00 e. The summed E-state index contributed by atoms with van der Waals surface area (Å²) < 4.78 is 41.3. The molecule has 1 unspecified atom stereocenters. The summed E-state index contributed by atoms with van der Waals surface area (Å²) in [6, 6.07) is 0. The second kappa shape index (κ2) is 18.6. The monoisotopic (exact) mass is 429 g/mol. The molecule has 0 aliphatic rings. The molecule has 0 bridgehead atoms. The van der Waals surface area contributed by atoms with Gasteiger partial charge in [0.1, 0.15) is 6.61 Å². The van der Waals surface area contributed by atoms with E-state index >= 15 is 0 Å². The van der Waals surface area contributed by atoms with Gasteiger partial charge in [0.25, 0.3) is 10.1 Å². The third kappa shape index (κ3) is 16.5. The fourth-order valence-electron chi connectivity index (χ4n) is 2.53. The van der Waals surface area contributed by atoms with Crippen LogP contribution in [0.15, 0.2) is 12.7 Å². The van der Waals surface area contributed by atoms with Crippen LogP contribution in [0.1, 0.15) is 77.6 Å². The van der Waals surface area contributed by atoms with Crippen molar-refractivity contribution in [2.75, 3.05) is 13.2 Å². The van der Waals surface area contributed by atoms with Gasteiger partial charge in [-0.25, -0.2) is 0 Å². The Hall–Kier alpha value is -0.410. The van der Waals surface area contributed by atoms with E-state index in [0.29, 0.717) is 6.42 Å². The SMILES string of the molecule is C=CCOC(=O)CC(C(=O)OCCCCCCCCCCCC)S(=O)(=O)O.[Na+]. The Morgan fingerprint density at radius 3 is 1.93 bits per heavy atom. The number of esters is 2. The van der Waals surface area contributed by atoms with Crippen molar-refractivity contribution in [3.05, 3.63) is 12.7 Å². The van der Waals surface area contributed by atoms with Crippen LogP contribution >= 0.6 is 0 Å². The normalized spacial score (nSPS) is 11.9. The fraction of sp³-hybridized carbons (Fsp3) is 0.789. The van der Waals surface area contributed by atoms with Crippen LogP contribution in [-0.2, 0) is 29.2 Å². The summed E-state index contributed by atoms with van der Waals surface area (Å²) in [6.45, 7) is 5.50. The van der Waals surface area contributed by atoms with Crippen molar-refractivity contribution in [3.8, 4) is 0 Å². The predicted octanol–water partition coefficient (Wildman–Crippen LogP) is 0.830. The Morgan fingerprint density at radius 2 is 1.46 bits per heavy atom. The van der Waals surface area contributed by atoms with E-state index in [9.17, 15) is 18.0 Å². The molecule has 0 spiro atoms. The molecule has 0 radical (unpaired) electrons. The summed E-state index contributed by atoms with van der Waals surface area (Å²) in [7, 11) is -4.75. The van der Waals surface area contributed by atoms with Crippen LogP contribution in [0.4, 0.5) is 0 Å². The molecule has 9 heteroatoms. The summed E-state index contributed by atoms with van der Waals surface area (Å²) >= 11 is 0. The first-order valence-electron chi connectivity index (χ1n) is 9.72. The third-order valence-corrected chi connectivity index (χ3v) is 5.16. The Morgan fingerprint density at radius 1 is 0.964 bits per heavy atom. The van der Waals surface area contributed by atoms with Crippen molar-refractivity contribution >= 4 is 22.1 Å². The molecular weight excluding hydrogens is 395 g/mol. The van der Waals surface area contributed by atoms with Gasteiger partial charge in [-0.1, -0.05) is 77.4 Å². The molecule has 0 fully saturated rings. The molecule has 0 aromatic heterocycles. The maximum atomic E-state index is 11.9. The third-order valence-electron chi connectivity index (χ3n) is 4.08. The molecule has 0 aliphatic heterocycles. The van der Waals surface area contributed by atoms with Crippen LogP contribution < -0.4 is 29.6 Å². The molecule has 0 aliphatic carbocycles. The largest absolute Gasteiger partial charge is 1.00 e. The fourth-order valence-corrected chi connectivity index (χ4v) is 3.19. The smallest absolute Gasteiger partial charge is 0.465 e. The number of hydrogen-bond acceptors (Lipinski definition) is 6. The number of unbranched alkanes of at least 4 members (excludes halogenated alkanes) is 9. The first-order valence-corrected chi connectivity index (χ1v) is 11.2. The van der Waals surface area contributed by atoms with E-state index in [1.54, 1.807) is 0 Å². The molecule has 0 saturated heterocycles. The molecule has 0 aromatic rings. The number of rotatable bonds is 17. The molecule has 1 N–H and O–H groups in total. The van der Waals surface area contributed by atoms with Gasteiger partial charge in [0.2, 0.25) is 0 Å². The Labute approximate surface area is 191 Å². The van der Waals surface area contributed by atoms with Crippen molar-refractivity contribution in [1.82, 2.24) is 0 Å². The van der Waals surface area contributed by atoms with Crippen LogP contribution in [0.25, 0.3) is 0 Å². The predicted molar refractivity (Wildman–Crippen MR) is 104 cm³/mol. The van der Waals surface area contributed by atoms with Crippen molar-refractivity contribution in [3.63, 3.8) is 0 Å². The molecule has 0 aromatic carbocycles. The number of hydrogen-bond donors (Lipinski definition) is 1. The quantitative estimate of drug-likeness (QED) is 0.120. The average Bonchev–Trinajstić information content (AvgIpc) is 2.61. The number of carbonyl (C=O) groups is 2. The van der Waals surface area contributed by atoms with Crippen LogP contribution in [0.5, 0.6) is 0 Å². The maximum absolute atomic E-state index is 11.9. The van der Waals surface area contributed by atoms with Gasteiger partial charge in [-0.15, -0.1) is 0 Å². The van der Waals surface area contributed by atoms with E-state index in [4.69, 9.17) is 9.29 Å². The molecule has 1 atom stereocenters. The summed E-state index contributed by atoms with van der Waals surface area (Å²) in [4.78, 5) is 23.3. The molecule has 28 heavy (non-hydrogen) atoms. The van der Waals surface area contributed by atoms with E-state index in [-0.39, 0.29) is 42.8 Å². The van der Waals surface area contributed by atoms with Crippen LogP contribution in [0.2, 0.25) is 0 Å². The second-order valence-corrected chi connectivity index (χ2v) is 8.13. The molecule has 0 amide bonds. The minimum Gasteiger partial charge on any atom is -0.465 e. The van der Waals surface area contributed by atoms with Gasteiger partial charge in [0, 0.05) is 0 Å². The van der Waals surface area contributed by atoms with E-state index in [2.05, 4.69) is 18.2 Å². The number of ether oxygens (including phenoxy) is 2. The molecule has 0 saturated carbocycles. The topological polar surface area (TPSA) is 107 Å². The number of carbonyl (C=O) groups excluding carboxylic acids is 2. The van der Waals surface area contributed by atoms with Crippen molar-refractivity contribution in [2.45, 2.75) is 82.8 Å². The molecular formula is C19H34NaO7S+. The Balaban J connectivity index is 0. The first-order chi connectivity index (χ1) is 12.8. The van der Waals surface area contributed by atoms with E-state index < -0.39 is 33.7 Å². The Bertz CT molecular complexity index is 534. The standard InChI is InChI=1S/C19H34O7S.Na/c1-3-5-6-7-8-9-10-11-12-13-15-26-19(21)17(27(22,23)24)16-18(20)25-14-4-2;/h4,17H,2-3,5-16H2,1H3,(H,22,23,24);/q;+1. The Kier molecular flexibility index (Phi) is 19.8. The van der Waals surface area contributed by atoms with Gasteiger partial charge in [0.05, 0.1) is 13.0 Å². The minimum absolute atomic E-state index is 0. The van der Waals surface area contributed by atoms with Gasteiger partial charge in [-0.2, -0.15) is 8.42 Å². The van der Waals surface area contributed by atoms with E-state index in [1.807, 2.05) is 0 Å². The molecule has 0 rings (SSSR count). The van der Waals surface area contributed by atoms with Gasteiger partial charge in [0.15, 0.2) is 5.25 Å². The van der Waals surface area contributed by atoms with Crippen molar-refractivity contribution < 1.29 is 61.6 Å². The molecule has 7 nitrogen and oxygen atoms in total. The summed E-state index contributed by atoms with van der Waals surface area (Å²) in [5.41, 5.74) is 0. The van der Waals surface area contributed by atoms with Gasteiger partial charge >= 0.3 is 41.5 Å². The molecule has 0 heterocycles.